The van der Waals surface area contributed by atoms with Crippen LogP contribution < -0.4 is 9.47 Å². The van der Waals surface area contributed by atoms with Crippen molar-refractivity contribution in [1.29, 1.82) is 0 Å². The van der Waals surface area contributed by atoms with Crippen molar-refractivity contribution in [2.24, 2.45) is 0 Å². The van der Waals surface area contributed by atoms with Crippen LogP contribution in [0.25, 0.3) is 0 Å². The van der Waals surface area contributed by atoms with Gasteiger partial charge in [-0.25, -0.2) is 0 Å². The number of rotatable bonds is 5. The van der Waals surface area contributed by atoms with Gasteiger partial charge in [0.25, 0.3) is 0 Å². The number of benzene rings is 1. The molecule has 0 saturated carbocycles. The van der Waals surface area contributed by atoms with Crippen LogP contribution in [-0.4, -0.2) is 25.4 Å². The van der Waals surface area contributed by atoms with Gasteiger partial charge in [-0.3, -0.25) is 0 Å². The van der Waals surface area contributed by atoms with Gasteiger partial charge in [-0.2, -0.15) is 0 Å². The van der Waals surface area contributed by atoms with Crippen molar-refractivity contribution in [3.63, 3.8) is 0 Å². The van der Waals surface area contributed by atoms with Gasteiger partial charge in [-0.05, 0) is 12.1 Å². The molecule has 0 amide bonds. The quantitative estimate of drug-likeness (QED) is 0.767. The molecule has 0 atom stereocenters. The van der Waals surface area contributed by atoms with Gasteiger partial charge in [0.15, 0.2) is 11.5 Å². The standard InChI is InChI=1S/C10H13ClO3/c1-13-10-7-8(11)3-4-9(10)14-6-2-5-12/h3-4,7,12H,2,5-6H2,1H3. The van der Waals surface area contributed by atoms with Crippen molar-refractivity contribution < 1.29 is 14.6 Å². The zero-order valence-corrected chi connectivity index (χ0v) is 8.75. The number of halogens is 1. The summed E-state index contributed by atoms with van der Waals surface area (Å²) < 4.78 is 10.5. The minimum Gasteiger partial charge on any atom is -0.493 e. The first-order valence-corrected chi connectivity index (χ1v) is 4.73. The molecule has 4 heteroatoms. The predicted octanol–water partition coefficient (Wildman–Crippen LogP) is 2.11. The van der Waals surface area contributed by atoms with Crippen LogP contribution in [0.15, 0.2) is 18.2 Å². The second-order valence-electron chi connectivity index (χ2n) is 2.72. The number of methoxy groups -OCH3 is 1. The molecule has 0 saturated heterocycles. The average molecular weight is 217 g/mol. The molecule has 0 aliphatic heterocycles. The summed E-state index contributed by atoms with van der Waals surface area (Å²) in [6.07, 6.45) is 0.603. The molecule has 0 spiro atoms. The monoisotopic (exact) mass is 216 g/mol. The van der Waals surface area contributed by atoms with E-state index in [2.05, 4.69) is 0 Å². The first kappa shape index (κ1) is 11.1. The number of ether oxygens (including phenoxy) is 2. The highest BCUT2D eigenvalue weighted by Gasteiger charge is 2.04. The van der Waals surface area contributed by atoms with Crippen molar-refractivity contribution in [1.82, 2.24) is 0 Å². The van der Waals surface area contributed by atoms with Gasteiger partial charge in [0.05, 0.1) is 13.7 Å². The molecule has 0 fully saturated rings. The molecule has 78 valence electrons. The first-order chi connectivity index (χ1) is 6.77. The van der Waals surface area contributed by atoms with Crippen molar-refractivity contribution in [3.05, 3.63) is 23.2 Å². The molecule has 1 aromatic rings. The minimum absolute atomic E-state index is 0.121. The van der Waals surface area contributed by atoms with E-state index in [0.29, 0.717) is 29.5 Å². The van der Waals surface area contributed by atoms with Gasteiger partial charge >= 0.3 is 0 Å². The van der Waals surface area contributed by atoms with Gasteiger partial charge in [0.2, 0.25) is 0 Å². The highest BCUT2D eigenvalue weighted by molar-refractivity contribution is 6.30. The van der Waals surface area contributed by atoms with Crippen molar-refractivity contribution >= 4 is 11.6 Å². The van der Waals surface area contributed by atoms with Gasteiger partial charge in [0.1, 0.15) is 0 Å². The van der Waals surface area contributed by atoms with Crippen LogP contribution >= 0.6 is 11.6 Å². The fraction of sp³-hybridized carbons (Fsp3) is 0.400. The Hall–Kier alpha value is -0.930. The summed E-state index contributed by atoms with van der Waals surface area (Å²) in [5, 5.41) is 9.19. The molecule has 14 heavy (non-hydrogen) atoms. The summed E-state index contributed by atoms with van der Waals surface area (Å²) in [6.45, 7) is 0.588. The maximum atomic E-state index is 8.58. The van der Waals surface area contributed by atoms with Gasteiger partial charge < -0.3 is 14.6 Å². The Labute approximate surface area is 88.2 Å². The van der Waals surface area contributed by atoms with Gasteiger partial charge in [0, 0.05) is 24.1 Å². The Balaban J connectivity index is 2.65. The highest BCUT2D eigenvalue weighted by atomic mass is 35.5. The van der Waals surface area contributed by atoms with E-state index in [9.17, 15) is 0 Å². The summed E-state index contributed by atoms with van der Waals surface area (Å²) in [5.74, 6) is 1.25. The lowest BCUT2D eigenvalue weighted by Gasteiger charge is -2.09. The molecule has 1 rings (SSSR count). The Morgan fingerprint density at radius 1 is 1.36 bits per heavy atom. The number of hydrogen-bond donors (Lipinski definition) is 1. The molecule has 0 bridgehead atoms. The van der Waals surface area contributed by atoms with E-state index in [-0.39, 0.29) is 6.61 Å². The maximum absolute atomic E-state index is 8.58. The van der Waals surface area contributed by atoms with Crippen LogP contribution in [0, 0.1) is 0 Å². The molecule has 3 nitrogen and oxygen atoms in total. The molecule has 1 N–H and O–H groups in total. The molecule has 1 aromatic carbocycles. The van der Waals surface area contributed by atoms with Crippen molar-refractivity contribution in [3.8, 4) is 11.5 Å². The van der Waals surface area contributed by atoms with Crippen LogP contribution in [0.4, 0.5) is 0 Å². The van der Waals surface area contributed by atoms with E-state index in [1.54, 1.807) is 25.3 Å². The summed E-state index contributed by atoms with van der Waals surface area (Å²) in [4.78, 5) is 0. The van der Waals surface area contributed by atoms with Crippen LogP contribution in [-0.2, 0) is 0 Å². The molecular weight excluding hydrogens is 204 g/mol. The Bertz CT molecular complexity index is 289. The second-order valence-corrected chi connectivity index (χ2v) is 3.16. The average Bonchev–Trinajstić information content (AvgIpc) is 2.20. The minimum atomic E-state index is 0.121. The molecule has 0 aliphatic carbocycles. The van der Waals surface area contributed by atoms with E-state index < -0.39 is 0 Å². The van der Waals surface area contributed by atoms with E-state index in [1.165, 1.54) is 0 Å². The third-order valence-electron chi connectivity index (χ3n) is 1.69. The smallest absolute Gasteiger partial charge is 0.162 e. The predicted molar refractivity (Wildman–Crippen MR) is 55.2 cm³/mol. The van der Waals surface area contributed by atoms with Crippen LogP contribution in [0.5, 0.6) is 11.5 Å². The molecular formula is C10H13ClO3. The zero-order valence-electron chi connectivity index (χ0n) is 8.00. The zero-order chi connectivity index (χ0) is 10.4. The normalized spacial score (nSPS) is 9.93. The third-order valence-corrected chi connectivity index (χ3v) is 1.92. The summed E-state index contributed by atoms with van der Waals surface area (Å²) >= 11 is 5.78. The Kier molecular flexibility index (Phi) is 4.56. The van der Waals surface area contributed by atoms with Crippen molar-refractivity contribution in [2.45, 2.75) is 6.42 Å². The molecule has 0 aromatic heterocycles. The van der Waals surface area contributed by atoms with Gasteiger partial charge in [-0.15, -0.1) is 0 Å². The Morgan fingerprint density at radius 3 is 2.79 bits per heavy atom. The largest absolute Gasteiger partial charge is 0.493 e. The van der Waals surface area contributed by atoms with E-state index in [4.69, 9.17) is 26.2 Å². The lowest BCUT2D eigenvalue weighted by atomic mass is 10.3. The summed E-state index contributed by atoms with van der Waals surface area (Å²) in [6, 6.07) is 5.17. The van der Waals surface area contributed by atoms with Crippen LogP contribution in [0.1, 0.15) is 6.42 Å². The summed E-state index contributed by atoms with van der Waals surface area (Å²) in [7, 11) is 1.56. The first-order valence-electron chi connectivity index (χ1n) is 4.35. The maximum Gasteiger partial charge on any atom is 0.162 e. The number of hydrogen-bond acceptors (Lipinski definition) is 3. The van der Waals surface area contributed by atoms with E-state index in [0.717, 1.165) is 0 Å². The van der Waals surface area contributed by atoms with Crippen molar-refractivity contribution in [2.75, 3.05) is 20.3 Å². The lowest BCUT2D eigenvalue weighted by molar-refractivity contribution is 0.228. The van der Waals surface area contributed by atoms with Crippen LogP contribution in [0.3, 0.4) is 0 Å². The summed E-state index contributed by atoms with van der Waals surface area (Å²) in [5.41, 5.74) is 0. The fourth-order valence-electron chi connectivity index (χ4n) is 1.01. The highest BCUT2D eigenvalue weighted by Crippen LogP contribution is 2.29. The molecule has 0 aliphatic rings. The SMILES string of the molecule is COc1cc(Cl)ccc1OCCCO. The number of aliphatic hydroxyl groups excluding tert-OH is 1. The lowest BCUT2D eigenvalue weighted by Crippen LogP contribution is -2.01. The van der Waals surface area contributed by atoms with E-state index >= 15 is 0 Å². The third kappa shape index (κ3) is 3.09. The molecule has 0 heterocycles. The fourth-order valence-corrected chi connectivity index (χ4v) is 1.17. The topological polar surface area (TPSA) is 38.7 Å². The van der Waals surface area contributed by atoms with Crippen LogP contribution in [0.2, 0.25) is 5.02 Å². The molecule has 0 unspecified atom stereocenters. The number of aliphatic hydroxyl groups is 1. The second kappa shape index (κ2) is 5.73. The van der Waals surface area contributed by atoms with Gasteiger partial charge in [-0.1, -0.05) is 11.6 Å². The molecule has 0 radical (unpaired) electrons. The van der Waals surface area contributed by atoms with E-state index in [1.807, 2.05) is 0 Å². The Morgan fingerprint density at radius 2 is 2.14 bits per heavy atom.